The lowest BCUT2D eigenvalue weighted by molar-refractivity contribution is 0.110. The van der Waals surface area contributed by atoms with Crippen molar-refractivity contribution in [3.05, 3.63) is 23.2 Å². The van der Waals surface area contributed by atoms with E-state index >= 15 is 0 Å². The molecule has 1 aliphatic carbocycles. The van der Waals surface area contributed by atoms with Crippen molar-refractivity contribution in [3.8, 4) is 0 Å². The zero-order valence-electron chi connectivity index (χ0n) is 11.0. The quantitative estimate of drug-likeness (QED) is 0.737. The molecule has 0 spiro atoms. The number of halogens is 1. The second-order valence-electron chi connectivity index (χ2n) is 5.21. The fourth-order valence-corrected chi connectivity index (χ4v) is 3.90. The first-order valence-corrected chi connectivity index (χ1v) is 8.47. The zero-order chi connectivity index (χ0) is 14.8. The molecular formula is C13H19ClN2O3S. The molecule has 0 aromatic heterocycles. The molecule has 4 N–H and O–H groups in total. The molecule has 0 unspecified atom stereocenters. The van der Waals surface area contributed by atoms with Crippen LogP contribution in [0.3, 0.4) is 0 Å². The van der Waals surface area contributed by atoms with Gasteiger partial charge in [0.05, 0.1) is 11.8 Å². The van der Waals surface area contributed by atoms with Gasteiger partial charge in [0.1, 0.15) is 4.90 Å². The predicted molar refractivity (Wildman–Crippen MR) is 79.0 cm³/mol. The standard InChI is InChI=1S/C13H19ClN2O3S/c14-10-3-6-12(15)13(7-10)20(18,19)16-8-9-1-4-11(17)5-2-9/h3,6-7,9,11,16-17H,1-2,4-5,8,15H2. The summed E-state index contributed by atoms with van der Waals surface area (Å²) in [4.78, 5) is 0.0147. The van der Waals surface area contributed by atoms with Gasteiger partial charge in [-0.05, 0) is 49.8 Å². The Balaban J connectivity index is 2.02. The lowest BCUT2D eigenvalue weighted by atomic mass is 9.88. The van der Waals surface area contributed by atoms with Gasteiger partial charge in [0, 0.05) is 11.6 Å². The predicted octanol–water partition coefficient (Wildman–Crippen LogP) is 1.75. The molecule has 20 heavy (non-hydrogen) atoms. The van der Waals surface area contributed by atoms with E-state index in [2.05, 4.69) is 4.72 Å². The first kappa shape index (κ1) is 15.6. The number of hydrogen-bond acceptors (Lipinski definition) is 4. The zero-order valence-corrected chi connectivity index (χ0v) is 12.6. The summed E-state index contributed by atoms with van der Waals surface area (Å²) in [6.45, 7) is 0.362. The van der Waals surface area contributed by atoms with E-state index in [-0.39, 0.29) is 22.6 Å². The highest BCUT2D eigenvalue weighted by Crippen LogP contribution is 2.25. The second kappa shape index (κ2) is 6.30. The Morgan fingerprint density at radius 1 is 1.30 bits per heavy atom. The maximum atomic E-state index is 12.2. The molecule has 0 saturated heterocycles. The molecule has 0 atom stereocenters. The Kier molecular flexibility index (Phi) is 4.90. The lowest BCUT2D eigenvalue weighted by Gasteiger charge is -2.25. The van der Waals surface area contributed by atoms with Gasteiger partial charge in [0.25, 0.3) is 0 Å². The van der Waals surface area contributed by atoms with Crippen LogP contribution in [0.1, 0.15) is 25.7 Å². The Morgan fingerprint density at radius 3 is 2.60 bits per heavy atom. The first-order valence-electron chi connectivity index (χ1n) is 6.61. The molecule has 1 saturated carbocycles. The molecule has 5 nitrogen and oxygen atoms in total. The highest BCUT2D eigenvalue weighted by molar-refractivity contribution is 7.89. The van der Waals surface area contributed by atoms with E-state index in [0.29, 0.717) is 11.6 Å². The molecule has 0 aliphatic heterocycles. The maximum Gasteiger partial charge on any atom is 0.242 e. The van der Waals surface area contributed by atoms with Crippen molar-refractivity contribution in [1.29, 1.82) is 0 Å². The minimum atomic E-state index is -3.65. The number of aliphatic hydroxyl groups excluding tert-OH is 1. The molecule has 112 valence electrons. The number of hydrogen-bond donors (Lipinski definition) is 3. The van der Waals surface area contributed by atoms with Crippen LogP contribution in [0.15, 0.2) is 23.1 Å². The lowest BCUT2D eigenvalue weighted by Crippen LogP contribution is -2.32. The fraction of sp³-hybridized carbons (Fsp3) is 0.538. The van der Waals surface area contributed by atoms with Gasteiger partial charge in [-0.3, -0.25) is 0 Å². The molecule has 0 bridgehead atoms. The summed E-state index contributed by atoms with van der Waals surface area (Å²) < 4.78 is 27.0. The summed E-state index contributed by atoms with van der Waals surface area (Å²) in [6.07, 6.45) is 2.87. The van der Waals surface area contributed by atoms with Gasteiger partial charge in [0.2, 0.25) is 10.0 Å². The molecule has 0 heterocycles. The van der Waals surface area contributed by atoms with Crippen LogP contribution < -0.4 is 10.5 Å². The van der Waals surface area contributed by atoms with Crippen LogP contribution in [-0.4, -0.2) is 26.2 Å². The van der Waals surface area contributed by atoms with Crippen LogP contribution >= 0.6 is 11.6 Å². The van der Waals surface area contributed by atoms with E-state index < -0.39 is 10.0 Å². The molecule has 1 aromatic carbocycles. The SMILES string of the molecule is Nc1ccc(Cl)cc1S(=O)(=O)NCC1CCC(O)CC1. The summed E-state index contributed by atoms with van der Waals surface area (Å²) in [5.74, 6) is 0.258. The minimum absolute atomic E-state index is 0.0147. The second-order valence-corrected chi connectivity index (χ2v) is 7.38. The van der Waals surface area contributed by atoms with Crippen molar-refractivity contribution in [3.63, 3.8) is 0 Å². The summed E-state index contributed by atoms with van der Waals surface area (Å²) in [6, 6.07) is 4.39. The van der Waals surface area contributed by atoms with Crippen molar-refractivity contribution in [1.82, 2.24) is 4.72 Å². The Morgan fingerprint density at radius 2 is 1.95 bits per heavy atom. The first-order chi connectivity index (χ1) is 9.38. The molecule has 1 aliphatic rings. The largest absolute Gasteiger partial charge is 0.398 e. The van der Waals surface area contributed by atoms with Crippen LogP contribution in [0, 0.1) is 5.92 Å². The minimum Gasteiger partial charge on any atom is -0.398 e. The molecule has 0 radical (unpaired) electrons. The summed E-state index contributed by atoms with van der Waals surface area (Å²) in [5.41, 5.74) is 5.87. The van der Waals surface area contributed by atoms with Gasteiger partial charge in [-0.1, -0.05) is 11.6 Å². The van der Waals surface area contributed by atoms with Crippen molar-refractivity contribution >= 4 is 27.3 Å². The number of aliphatic hydroxyl groups is 1. The average molecular weight is 319 g/mol. The van der Waals surface area contributed by atoms with E-state index in [1.165, 1.54) is 12.1 Å². The van der Waals surface area contributed by atoms with Crippen molar-refractivity contribution in [2.24, 2.45) is 5.92 Å². The molecule has 2 rings (SSSR count). The average Bonchev–Trinajstić information content (AvgIpc) is 2.41. The smallest absolute Gasteiger partial charge is 0.242 e. The van der Waals surface area contributed by atoms with Gasteiger partial charge in [-0.15, -0.1) is 0 Å². The number of nitrogens with two attached hydrogens (primary N) is 1. The highest BCUT2D eigenvalue weighted by atomic mass is 35.5. The third-order valence-corrected chi connectivity index (χ3v) is 5.36. The monoisotopic (exact) mass is 318 g/mol. The summed E-state index contributed by atoms with van der Waals surface area (Å²) in [7, 11) is -3.65. The normalized spacial score (nSPS) is 23.7. The third-order valence-electron chi connectivity index (χ3n) is 3.64. The van der Waals surface area contributed by atoms with Crippen molar-refractivity contribution < 1.29 is 13.5 Å². The van der Waals surface area contributed by atoms with E-state index in [0.717, 1.165) is 25.7 Å². The topological polar surface area (TPSA) is 92.4 Å². The van der Waals surface area contributed by atoms with E-state index in [9.17, 15) is 13.5 Å². The number of benzene rings is 1. The maximum absolute atomic E-state index is 12.2. The van der Waals surface area contributed by atoms with Gasteiger partial charge in [-0.25, -0.2) is 13.1 Å². The fourth-order valence-electron chi connectivity index (χ4n) is 2.40. The number of sulfonamides is 1. The third kappa shape index (κ3) is 3.85. The van der Waals surface area contributed by atoms with Crippen LogP contribution in [0.2, 0.25) is 5.02 Å². The molecule has 7 heteroatoms. The summed E-state index contributed by atoms with van der Waals surface area (Å²) in [5, 5.41) is 9.76. The van der Waals surface area contributed by atoms with Crippen molar-refractivity contribution in [2.45, 2.75) is 36.7 Å². The Labute approximate surface area is 124 Å². The van der Waals surface area contributed by atoms with Gasteiger partial charge in [-0.2, -0.15) is 0 Å². The van der Waals surface area contributed by atoms with E-state index in [4.69, 9.17) is 17.3 Å². The van der Waals surface area contributed by atoms with Crippen LogP contribution in [-0.2, 0) is 10.0 Å². The van der Waals surface area contributed by atoms with Gasteiger partial charge >= 0.3 is 0 Å². The molecular weight excluding hydrogens is 300 g/mol. The number of rotatable bonds is 4. The van der Waals surface area contributed by atoms with E-state index in [1.807, 2.05) is 0 Å². The molecule has 1 aromatic rings. The van der Waals surface area contributed by atoms with Crippen LogP contribution in [0.4, 0.5) is 5.69 Å². The molecule has 1 fully saturated rings. The number of nitrogen functional groups attached to an aromatic ring is 1. The van der Waals surface area contributed by atoms with Gasteiger partial charge < -0.3 is 10.8 Å². The highest BCUT2D eigenvalue weighted by Gasteiger charge is 2.23. The van der Waals surface area contributed by atoms with E-state index in [1.54, 1.807) is 6.07 Å². The number of anilines is 1. The Bertz CT molecular complexity index is 569. The Hall–Kier alpha value is -0.820. The van der Waals surface area contributed by atoms with Crippen molar-refractivity contribution in [2.75, 3.05) is 12.3 Å². The van der Waals surface area contributed by atoms with Crippen LogP contribution in [0.25, 0.3) is 0 Å². The molecule has 0 amide bonds. The van der Waals surface area contributed by atoms with Gasteiger partial charge in [0.15, 0.2) is 0 Å². The summed E-state index contributed by atoms with van der Waals surface area (Å²) >= 11 is 5.81. The van der Waals surface area contributed by atoms with Crippen LogP contribution in [0.5, 0.6) is 0 Å². The number of nitrogens with one attached hydrogen (secondary N) is 1.